The van der Waals surface area contributed by atoms with Crippen LogP contribution < -0.4 is 0 Å². The Bertz CT molecular complexity index is 207. The summed E-state index contributed by atoms with van der Waals surface area (Å²) in [6.45, 7) is 4.15. The molecule has 0 radical (unpaired) electrons. The highest BCUT2D eigenvalue weighted by molar-refractivity contribution is 5.98. The molecule has 0 aromatic rings. The predicted octanol–water partition coefficient (Wildman–Crippen LogP) is 3.34. The zero-order valence-electron chi connectivity index (χ0n) is 7.96. The van der Waals surface area contributed by atoms with Gasteiger partial charge in [0.05, 0.1) is 0 Å². The number of rotatable bonds is 4. The smallest absolute Gasteiger partial charge is 0.0431 e. The van der Waals surface area contributed by atoms with Gasteiger partial charge in [0.1, 0.15) is 0 Å². The summed E-state index contributed by atoms with van der Waals surface area (Å²) < 4.78 is 0. The first-order valence-corrected chi connectivity index (χ1v) is 4.74. The van der Waals surface area contributed by atoms with Crippen LogP contribution in [-0.2, 0) is 0 Å². The van der Waals surface area contributed by atoms with Gasteiger partial charge in [-0.15, -0.1) is 0 Å². The van der Waals surface area contributed by atoms with Crippen LogP contribution in [0.4, 0.5) is 0 Å². The zero-order valence-corrected chi connectivity index (χ0v) is 7.96. The van der Waals surface area contributed by atoms with Crippen molar-refractivity contribution in [2.75, 3.05) is 0 Å². The Balaban J connectivity index is 2.53. The van der Waals surface area contributed by atoms with Crippen LogP contribution >= 0.6 is 0 Å². The van der Waals surface area contributed by atoms with Crippen LogP contribution in [0.25, 0.3) is 0 Å². The van der Waals surface area contributed by atoms with E-state index in [-0.39, 0.29) is 0 Å². The topological polar surface area (TPSA) is 12.4 Å². The van der Waals surface area contributed by atoms with E-state index in [4.69, 9.17) is 0 Å². The van der Waals surface area contributed by atoms with Crippen LogP contribution in [0.3, 0.4) is 0 Å². The lowest BCUT2D eigenvalue weighted by Crippen LogP contribution is -1.94. The van der Waals surface area contributed by atoms with Crippen molar-refractivity contribution >= 4 is 5.71 Å². The minimum Gasteiger partial charge on any atom is -0.261 e. The molecule has 0 bridgehead atoms. The van der Waals surface area contributed by atoms with E-state index < -0.39 is 0 Å². The van der Waals surface area contributed by atoms with Crippen molar-refractivity contribution in [2.45, 2.75) is 33.1 Å². The molecule has 0 unspecified atom stereocenters. The van der Waals surface area contributed by atoms with Crippen molar-refractivity contribution in [3.63, 3.8) is 0 Å². The van der Waals surface area contributed by atoms with Gasteiger partial charge in [-0.3, -0.25) is 4.99 Å². The van der Waals surface area contributed by atoms with Crippen molar-refractivity contribution in [1.82, 2.24) is 0 Å². The Labute approximate surface area is 74.9 Å². The van der Waals surface area contributed by atoms with Gasteiger partial charge >= 0.3 is 0 Å². The summed E-state index contributed by atoms with van der Waals surface area (Å²) in [6, 6.07) is 0. The van der Waals surface area contributed by atoms with Crippen LogP contribution in [0.2, 0.25) is 0 Å². The molecule has 0 saturated heterocycles. The van der Waals surface area contributed by atoms with Gasteiger partial charge in [0, 0.05) is 17.8 Å². The van der Waals surface area contributed by atoms with Crippen LogP contribution in [0.1, 0.15) is 33.1 Å². The maximum absolute atomic E-state index is 4.39. The van der Waals surface area contributed by atoms with E-state index in [2.05, 4.69) is 24.1 Å². The third-order valence-corrected chi connectivity index (χ3v) is 1.89. The molecule has 0 aromatic carbocycles. The largest absolute Gasteiger partial charge is 0.261 e. The highest BCUT2D eigenvalue weighted by Crippen LogP contribution is 2.31. The van der Waals surface area contributed by atoms with Crippen molar-refractivity contribution in [2.24, 2.45) is 10.9 Å². The first-order chi connectivity index (χ1) is 5.88. The molecule has 1 rings (SSSR count). The summed E-state index contributed by atoms with van der Waals surface area (Å²) in [6.07, 6.45) is 11.9. The molecule has 1 saturated carbocycles. The highest BCUT2D eigenvalue weighted by atomic mass is 14.7. The fourth-order valence-electron chi connectivity index (χ4n) is 1.06. The van der Waals surface area contributed by atoms with Crippen LogP contribution in [0.5, 0.6) is 0 Å². The van der Waals surface area contributed by atoms with Gasteiger partial charge in [-0.25, -0.2) is 0 Å². The highest BCUT2D eigenvalue weighted by Gasteiger charge is 2.25. The summed E-state index contributed by atoms with van der Waals surface area (Å²) in [5.41, 5.74) is 1.26. The first kappa shape index (κ1) is 9.24. The minimum atomic E-state index is 0.754. The van der Waals surface area contributed by atoms with Crippen LogP contribution in [-0.4, -0.2) is 5.71 Å². The summed E-state index contributed by atoms with van der Waals surface area (Å²) in [5.74, 6) is 0.754. The minimum absolute atomic E-state index is 0.754. The Morgan fingerprint density at radius 3 is 2.75 bits per heavy atom. The second kappa shape index (κ2) is 4.91. The lowest BCUT2D eigenvalue weighted by atomic mass is 10.2. The monoisotopic (exact) mass is 163 g/mol. The van der Waals surface area contributed by atoms with Crippen molar-refractivity contribution in [3.8, 4) is 0 Å². The Kier molecular flexibility index (Phi) is 3.78. The first-order valence-electron chi connectivity index (χ1n) is 4.74. The Hall–Kier alpha value is -0.850. The molecule has 0 heterocycles. The van der Waals surface area contributed by atoms with E-state index in [1.165, 1.54) is 18.6 Å². The normalized spacial score (nSPS) is 19.7. The standard InChI is InChI=1S/C11H17N/c1-3-5-6-11(10-7-8-10)12-9-4-2/h4-6,9-10H,3,7-8H2,1-2H3/b6-5+,9-4-,12-11-. The molecule has 0 aromatic heterocycles. The van der Waals surface area contributed by atoms with Gasteiger partial charge in [0.25, 0.3) is 0 Å². The molecule has 1 fully saturated rings. The third kappa shape index (κ3) is 3.04. The average molecular weight is 163 g/mol. The molecule has 0 spiro atoms. The fraction of sp³-hybridized carbons (Fsp3) is 0.545. The van der Waals surface area contributed by atoms with Gasteiger partial charge in [-0.05, 0) is 32.3 Å². The molecule has 0 N–H and O–H groups in total. The molecular weight excluding hydrogens is 146 g/mol. The second-order valence-electron chi connectivity index (χ2n) is 3.12. The van der Waals surface area contributed by atoms with Gasteiger partial charge < -0.3 is 0 Å². The number of aliphatic imine (C=N–C) groups is 1. The van der Waals surface area contributed by atoms with E-state index in [0.717, 1.165) is 12.3 Å². The Morgan fingerprint density at radius 2 is 2.25 bits per heavy atom. The summed E-state index contributed by atoms with van der Waals surface area (Å²) in [7, 11) is 0. The lowest BCUT2D eigenvalue weighted by molar-refractivity contribution is 1.18. The molecule has 12 heavy (non-hydrogen) atoms. The second-order valence-corrected chi connectivity index (χ2v) is 3.12. The summed E-state index contributed by atoms with van der Waals surface area (Å²) >= 11 is 0. The molecule has 1 heteroatoms. The van der Waals surface area contributed by atoms with Crippen molar-refractivity contribution in [1.29, 1.82) is 0 Å². The van der Waals surface area contributed by atoms with E-state index in [0.29, 0.717) is 0 Å². The van der Waals surface area contributed by atoms with E-state index >= 15 is 0 Å². The number of allylic oxidation sites excluding steroid dienone is 3. The maximum Gasteiger partial charge on any atom is 0.0431 e. The van der Waals surface area contributed by atoms with Gasteiger partial charge in [-0.1, -0.05) is 19.1 Å². The molecule has 0 atom stereocenters. The molecule has 0 amide bonds. The lowest BCUT2D eigenvalue weighted by Gasteiger charge is -1.93. The number of nitrogens with zero attached hydrogens (tertiary/aromatic N) is 1. The Morgan fingerprint density at radius 1 is 1.50 bits per heavy atom. The maximum atomic E-state index is 4.39. The van der Waals surface area contributed by atoms with E-state index in [9.17, 15) is 0 Å². The quantitative estimate of drug-likeness (QED) is 0.564. The summed E-state index contributed by atoms with van der Waals surface area (Å²) in [4.78, 5) is 4.39. The molecule has 0 aliphatic heterocycles. The van der Waals surface area contributed by atoms with Crippen LogP contribution in [0.15, 0.2) is 29.4 Å². The molecular formula is C11H17N. The van der Waals surface area contributed by atoms with Gasteiger partial charge in [-0.2, -0.15) is 0 Å². The number of hydrogen-bond donors (Lipinski definition) is 0. The average Bonchev–Trinajstić information content (AvgIpc) is 2.88. The third-order valence-electron chi connectivity index (χ3n) is 1.89. The van der Waals surface area contributed by atoms with Crippen molar-refractivity contribution in [3.05, 3.63) is 24.4 Å². The van der Waals surface area contributed by atoms with E-state index in [1.807, 2.05) is 19.2 Å². The molecule has 1 nitrogen and oxygen atoms in total. The fourth-order valence-corrected chi connectivity index (χ4v) is 1.06. The van der Waals surface area contributed by atoms with Crippen LogP contribution in [0, 0.1) is 5.92 Å². The van der Waals surface area contributed by atoms with Crippen molar-refractivity contribution < 1.29 is 0 Å². The molecule has 1 aliphatic carbocycles. The number of hydrogen-bond acceptors (Lipinski definition) is 1. The van der Waals surface area contributed by atoms with E-state index in [1.54, 1.807) is 0 Å². The van der Waals surface area contributed by atoms with Gasteiger partial charge in [0.15, 0.2) is 0 Å². The predicted molar refractivity (Wildman–Crippen MR) is 54.4 cm³/mol. The van der Waals surface area contributed by atoms with Gasteiger partial charge in [0.2, 0.25) is 0 Å². The molecule has 1 aliphatic rings. The SMILES string of the molecule is C\C=C/N=C(/C=C/CC)C1CC1. The summed E-state index contributed by atoms with van der Waals surface area (Å²) in [5, 5.41) is 0. The zero-order chi connectivity index (χ0) is 8.81. The molecule has 66 valence electrons.